The molecular weight excluding hydrogens is 172 g/mol. The molecule has 2 heterocycles. The van der Waals surface area contributed by atoms with E-state index in [1.807, 2.05) is 0 Å². The Hall–Kier alpha value is -1.98. The predicted octanol–water partition coefficient (Wildman–Crippen LogP) is -0.325. The van der Waals surface area contributed by atoms with Crippen molar-refractivity contribution >= 4 is 0 Å². The van der Waals surface area contributed by atoms with Gasteiger partial charge in [-0.2, -0.15) is 4.98 Å². The van der Waals surface area contributed by atoms with Gasteiger partial charge in [-0.15, -0.1) is 0 Å². The molecule has 2 aromatic heterocycles. The molecule has 0 saturated carbocycles. The maximum absolute atomic E-state index is 11.2. The van der Waals surface area contributed by atoms with Crippen LogP contribution in [0.5, 0.6) is 0 Å². The molecule has 0 aliphatic heterocycles. The Balaban J connectivity index is 2.29. The predicted molar refractivity (Wildman–Crippen MR) is 41.9 cm³/mol. The first-order valence-electron chi connectivity index (χ1n) is 3.62. The molecular formula is C7H6N4O2. The third-order valence-corrected chi connectivity index (χ3v) is 1.51. The van der Waals surface area contributed by atoms with Crippen LogP contribution in [0.15, 0.2) is 34.3 Å². The van der Waals surface area contributed by atoms with Gasteiger partial charge in [-0.25, -0.2) is 4.98 Å². The molecule has 0 bridgehead atoms. The molecule has 66 valence electrons. The number of nitrogens with zero attached hydrogens (tertiary/aromatic N) is 4. The minimum Gasteiger partial charge on any atom is -0.343 e. The highest BCUT2D eigenvalue weighted by atomic mass is 16.5. The molecule has 6 heteroatoms. The van der Waals surface area contributed by atoms with Crippen LogP contribution in [0.4, 0.5) is 0 Å². The van der Waals surface area contributed by atoms with E-state index in [1.54, 1.807) is 0 Å². The second kappa shape index (κ2) is 3.18. The van der Waals surface area contributed by atoms with E-state index in [1.165, 1.54) is 29.6 Å². The molecule has 0 spiro atoms. The fourth-order valence-corrected chi connectivity index (χ4v) is 0.912. The Labute approximate surface area is 72.8 Å². The van der Waals surface area contributed by atoms with Gasteiger partial charge in [-0.3, -0.25) is 9.36 Å². The van der Waals surface area contributed by atoms with Gasteiger partial charge in [0.05, 0.1) is 12.9 Å². The van der Waals surface area contributed by atoms with Gasteiger partial charge in [-0.05, 0) is 0 Å². The zero-order valence-corrected chi connectivity index (χ0v) is 6.62. The van der Waals surface area contributed by atoms with E-state index in [-0.39, 0.29) is 12.1 Å². The van der Waals surface area contributed by atoms with Crippen LogP contribution in [0, 0.1) is 0 Å². The molecule has 0 amide bonds. The second-order valence-electron chi connectivity index (χ2n) is 2.39. The highest BCUT2D eigenvalue weighted by Crippen LogP contribution is 1.90. The number of hydrogen-bond donors (Lipinski definition) is 0. The van der Waals surface area contributed by atoms with Gasteiger partial charge in [-0.1, -0.05) is 5.16 Å². The van der Waals surface area contributed by atoms with Gasteiger partial charge in [0, 0.05) is 12.3 Å². The monoisotopic (exact) mass is 178 g/mol. The highest BCUT2D eigenvalue weighted by molar-refractivity contribution is 4.87. The van der Waals surface area contributed by atoms with Crippen LogP contribution >= 0.6 is 0 Å². The third-order valence-electron chi connectivity index (χ3n) is 1.51. The lowest BCUT2D eigenvalue weighted by Crippen LogP contribution is -2.19. The smallest absolute Gasteiger partial charge is 0.253 e. The lowest BCUT2D eigenvalue weighted by Gasteiger charge is -1.97. The average molecular weight is 178 g/mol. The molecule has 0 saturated heterocycles. The summed E-state index contributed by atoms with van der Waals surface area (Å²) in [5.41, 5.74) is -0.139. The van der Waals surface area contributed by atoms with Crippen molar-refractivity contribution in [3.05, 3.63) is 41.2 Å². The van der Waals surface area contributed by atoms with E-state index in [0.717, 1.165) is 0 Å². The zero-order valence-electron chi connectivity index (χ0n) is 6.62. The van der Waals surface area contributed by atoms with Gasteiger partial charge in [0.25, 0.3) is 5.56 Å². The summed E-state index contributed by atoms with van der Waals surface area (Å²) in [5, 5.41) is 3.58. The molecule has 0 atom stereocenters. The van der Waals surface area contributed by atoms with E-state index in [4.69, 9.17) is 0 Å². The molecule has 0 aromatic carbocycles. The van der Waals surface area contributed by atoms with E-state index in [9.17, 15) is 4.79 Å². The standard InChI is InChI=1S/C7H6N4O2/c12-7-1-2-8-4-11(7)3-6-9-5-13-10-6/h1-2,4-5H,3H2. The van der Waals surface area contributed by atoms with Crippen LogP contribution in [0.1, 0.15) is 5.82 Å². The molecule has 13 heavy (non-hydrogen) atoms. The lowest BCUT2D eigenvalue weighted by atomic mass is 10.5. The van der Waals surface area contributed by atoms with Crippen molar-refractivity contribution in [1.82, 2.24) is 19.7 Å². The van der Waals surface area contributed by atoms with E-state index < -0.39 is 0 Å². The van der Waals surface area contributed by atoms with Crippen LogP contribution in [-0.2, 0) is 6.54 Å². The molecule has 0 radical (unpaired) electrons. The number of hydrogen-bond acceptors (Lipinski definition) is 5. The number of rotatable bonds is 2. The minimum absolute atomic E-state index is 0.139. The molecule has 2 rings (SSSR count). The van der Waals surface area contributed by atoms with Gasteiger partial charge < -0.3 is 4.52 Å². The quantitative estimate of drug-likeness (QED) is 0.629. The molecule has 6 nitrogen and oxygen atoms in total. The van der Waals surface area contributed by atoms with Crippen molar-refractivity contribution in [2.75, 3.05) is 0 Å². The lowest BCUT2D eigenvalue weighted by molar-refractivity contribution is 0.407. The maximum atomic E-state index is 11.2. The van der Waals surface area contributed by atoms with Gasteiger partial charge in [0.1, 0.15) is 0 Å². The summed E-state index contributed by atoms with van der Waals surface area (Å²) in [6, 6.07) is 1.38. The molecule has 0 unspecified atom stereocenters. The van der Waals surface area contributed by atoms with Gasteiger partial charge in [0.2, 0.25) is 6.39 Å². The van der Waals surface area contributed by atoms with Crippen molar-refractivity contribution in [1.29, 1.82) is 0 Å². The normalized spacial score (nSPS) is 10.2. The third kappa shape index (κ3) is 1.61. The summed E-state index contributed by atoms with van der Waals surface area (Å²) in [7, 11) is 0. The Morgan fingerprint density at radius 1 is 1.54 bits per heavy atom. The first-order chi connectivity index (χ1) is 6.36. The summed E-state index contributed by atoms with van der Waals surface area (Å²) < 4.78 is 5.92. The van der Waals surface area contributed by atoms with E-state index >= 15 is 0 Å². The van der Waals surface area contributed by atoms with Crippen molar-refractivity contribution < 1.29 is 4.52 Å². The highest BCUT2D eigenvalue weighted by Gasteiger charge is 2.00. The Morgan fingerprint density at radius 3 is 3.15 bits per heavy atom. The number of aromatic nitrogens is 4. The maximum Gasteiger partial charge on any atom is 0.253 e. The van der Waals surface area contributed by atoms with Crippen molar-refractivity contribution in [3.8, 4) is 0 Å². The molecule has 0 aliphatic carbocycles. The first-order valence-corrected chi connectivity index (χ1v) is 3.62. The first kappa shape index (κ1) is 7.66. The topological polar surface area (TPSA) is 73.8 Å². The SMILES string of the molecule is O=c1ccncn1Cc1ncon1. The summed E-state index contributed by atoms with van der Waals surface area (Å²) in [6.45, 7) is 0.281. The fourth-order valence-electron chi connectivity index (χ4n) is 0.912. The van der Waals surface area contributed by atoms with Crippen LogP contribution in [-0.4, -0.2) is 19.7 Å². The Morgan fingerprint density at radius 2 is 2.46 bits per heavy atom. The van der Waals surface area contributed by atoms with Crippen LogP contribution in [0.3, 0.4) is 0 Å². The average Bonchev–Trinajstić information content (AvgIpc) is 2.61. The van der Waals surface area contributed by atoms with Gasteiger partial charge >= 0.3 is 0 Å². The second-order valence-corrected chi connectivity index (χ2v) is 2.39. The van der Waals surface area contributed by atoms with Gasteiger partial charge in [0.15, 0.2) is 5.82 Å². The van der Waals surface area contributed by atoms with E-state index in [0.29, 0.717) is 5.82 Å². The van der Waals surface area contributed by atoms with E-state index in [2.05, 4.69) is 19.6 Å². The zero-order chi connectivity index (χ0) is 9.10. The fraction of sp³-hybridized carbons (Fsp3) is 0.143. The minimum atomic E-state index is -0.139. The summed E-state index contributed by atoms with van der Waals surface area (Å²) in [6.07, 6.45) is 4.09. The summed E-state index contributed by atoms with van der Waals surface area (Å²) in [4.78, 5) is 18.8. The molecule has 0 aliphatic rings. The van der Waals surface area contributed by atoms with Crippen LogP contribution in [0.2, 0.25) is 0 Å². The summed E-state index contributed by atoms with van der Waals surface area (Å²) >= 11 is 0. The van der Waals surface area contributed by atoms with Crippen LogP contribution < -0.4 is 5.56 Å². The van der Waals surface area contributed by atoms with Crippen molar-refractivity contribution in [2.24, 2.45) is 0 Å². The van der Waals surface area contributed by atoms with Crippen molar-refractivity contribution in [2.45, 2.75) is 6.54 Å². The molecule has 0 fully saturated rings. The van der Waals surface area contributed by atoms with Crippen LogP contribution in [0.25, 0.3) is 0 Å². The summed E-state index contributed by atoms with van der Waals surface area (Å²) in [5.74, 6) is 0.454. The molecule has 0 N–H and O–H groups in total. The Bertz CT molecular complexity index is 434. The van der Waals surface area contributed by atoms with Crippen molar-refractivity contribution in [3.63, 3.8) is 0 Å². The Kier molecular flexibility index (Phi) is 1.87. The molecule has 2 aromatic rings. The largest absolute Gasteiger partial charge is 0.343 e.